The molecule has 0 atom stereocenters. The van der Waals surface area contributed by atoms with Crippen molar-refractivity contribution in [3.63, 3.8) is 0 Å². The molecule has 0 aromatic heterocycles. The number of nitrogens with zero attached hydrogens (tertiary/aromatic N) is 1. The summed E-state index contributed by atoms with van der Waals surface area (Å²) in [6.45, 7) is 4.89. The zero-order chi connectivity index (χ0) is 20.1. The highest BCUT2D eigenvalue weighted by atomic mass is 32.2. The van der Waals surface area contributed by atoms with Crippen LogP contribution in [0.5, 0.6) is 0 Å². The number of piperidine rings is 1. The smallest absolute Gasteiger partial charge is 0.411 e. The number of carbonyl (C=O) groups excluding carboxylic acids is 1. The van der Waals surface area contributed by atoms with Gasteiger partial charge in [-0.3, -0.25) is 5.32 Å². The van der Waals surface area contributed by atoms with Crippen LogP contribution in [0.1, 0.15) is 38.2 Å². The van der Waals surface area contributed by atoms with Gasteiger partial charge in [0.2, 0.25) is 10.0 Å². The molecule has 0 spiro atoms. The summed E-state index contributed by atoms with van der Waals surface area (Å²) in [4.78, 5) is 12.4. The maximum atomic E-state index is 12.6. The third-order valence-electron chi connectivity index (χ3n) is 4.88. The summed E-state index contributed by atoms with van der Waals surface area (Å²) in [6.07, 6.45) is 0.149. The van der Waals surface area contributed by atoms with Gasteiger partial charge in [-0.2, -0.15) is 4.31 Å². The van der Waals surface area contributed by atoms with E-state index in [0.717, 1.165) is 0 Å². The van der Waals surface area contributed by atoms with Gasteiger partial charge in [0.05, 0.1) is 4.90 Å². The molecule has 1 N–H and O–H groups in total. The lowest BCUT2D eigenvalue weighted by Gasteiger charge is -2.30. The Hall–Kier alpha value is -2.38. The largest absolute Gasteiger partial charge is 0.446 e. The third-order valence-corrected chi connectivity index (χ3v) is 6.79. The van der Waals surface area contributed by atoms with E-state index in [4.69, 9.17) is 4.74 Å². The van der Waals surface area contributed by atoms with Crippen LogP contribution in [-0.4, -0.2) is 38.0 Å². The van der Waals surface area contributed by atoms with Crippen molar-refractivity contribution in [3.8, 4) is 0 Å². The van der Waals surface area contributed by atoms with Gasteiger partial charge in [0.1, 0.15) is 6.10 Å². The summed E-state index contributed by atoms with van der Waals surface area (Å²) in [5.41, 5.74) is 1.88. The molecular weight excluding hydrogens is 376 g/mol. The van der Waals surface area contributed by atoms with Gasteiger partial charge >= 0.3 is 6.09 Å². The van der Waals surface area contributed by atoms with E-state index in [2.05, 4.69) is 19.2 Å². The number of sulfonamides is 1. The van der Waals surface area contributed by atoms with Crippen LogP contribution in [0.4, 0.5) is 10.5 Å². The molecule has 1 aliphatic rings. The second-order valence-electron chi connectivity index (χ2n) is 7.22. The van der Waals surface area contributed by atoms with E-state index in [1.165, 1.54) is 9.87 Å². The van der Waals surface area contributed by atoms with Crippen molar-refractivity contribution in [1.82, 2.24) is 4.31 Å². The van der Waals surface area contributed by atoms with Gasteiger partial charge in [-0.25, -0.2) is 13.2 Å². The molecule has 2 aromatic carbocycles. The van der Waals surface area contributed by atoms with E-state index in [9.17, 15) is 13.2 Å². The fourth-order valence-corrected chi connectivity index (χ4v) is 4.67. The van der Waals surface area contributed by atoms with E-state index < -0.39 is 16.1 Å². The van der Waals surface area contributed by atoms with Crippen molar-refractivity contribution in [2.75, 3.05) is 18.4 Å². The fraction of sp³-hybridized carbons (Fsp3) is 0.381. The second kappa shape index (κ2) is 8.75. The summed E-state index contributed by atoms with van der Waals surface area (Å²) >= 11 is 0. The maximum Gasteiger partial charge on any atom is 0.411 e. The number of ether oxygens (including phenoxy) is 1. The number of hydrogen-bond acceptors (Lipinski definition) is 4. The minimum absolute atomic E-state index is 0.289. The molecule has 2 aromatic rings. The number of anilines is 1. The summed E-state index contributed by atoms with van der Waals surface area (Å²) in [7, 11) is -3.50. The number of rotatable bonds is 5. The predicted molar refractivity (Wildman–Crippen MR) is 109 cm³/mol. The molecule has 1 heterocycles. The molecule has 0 radical (unpaired) electrons. The van der Waals surface area contributed by atoms with Crippen molar-refractivity contribution in [3.05, 3.63) is 60.2 Å². The van der Waals surface area contributed by atoms with Crippen LogP contribution in [0.3, 0.4) is 0 Å². The van der Waals surface area contributed by atoms with E-state index in [0.29, 0.717) is 37.5 Å². The third kappa shape index (κ3) is 4.91. The summed E-state index contributed by atoms with van der Waals surface area (Å²) < 4.78 is 32.2. The molecule has 0 unspecified atom stereocenters. The van der Waals surface area contributed by atoms with E-state index in [1.54, 1.807) is 30.3 Å². The van der Waals surface area contributed by atoms with Gasteiger partial charge in [-0.05, 0) is 48.6 Å². The van der Waals surface area contributed by atoms with Crippen molar-refractivity contribution in [2.45, 2.75) is 43.6 Å². The van der Waals surface area contributed by atoms with Gasteiger partial charge in [0, 0.05) is 18.8 Å². The van der Waals surface area contributed by atoms with Crippen LogP contribution in [0, 0.1) is 0 Å². The Morgan fingerprint density at radius 2 is 1.64 bits per heavy atom. The molecule has 0 aliphatic carbocycles. The summed E-state index contributed by atoms with van der Waals surface area (Å²) in [5.74, 6) is 0.429. The Kier molecular flexibility index (Phi) is 6.36. The summed E-state index contributed by atoms with van der Waals surface area (Å²) in [6, 6.07) is 16.1. The van der Waals surface area contributed by atoms with Crippen molar-refractivity contribution >= 4 is 21.8 Å². The Balaban J connectivity index is 1.50. The van der Waals surface area contributed by atoms with Gasteiger partial charge < -0.3 is 4.74 Å². The molecule has 3 rings (SSSR count). The first-order valence-corrected chi connectivity index (χ1v) is 10.9. The molecule has 0 saturated carbocycles. The van der Waals surface area contributed by atoms with Crippen LogP contribution < -0.4 is 5.32 Å². The maximum absolute atomic E-state index is 12.6. The monoisotopic (exact) mass is 402 g/mol. The highest BCUT2D eigenvalue weighted by molar-refractivity contribution is 7.89. The second-order valence-corrected chi connectivity index (χ2v) is 9.16. The van der Waals surface area contributed by atoms with Crippen LogP contribution in [-0.2, 0) is 14.8 Å². The molecule has 6 nitrogen and oxygen atoms in total. The van der Waals surface area contributed by atoms with Crippen LogP contribution in [0.15, 0.2) is 59.5 Å². The summed E-state index contributed by atoms with van der Waals surface area (Å²) in [5, 5.41) is 2.73. The minimum atomic E-state index is -3.50. The lowest BCUT2D eigenvalue weighted by atomic mass is 10.0. The van der Waals surface area contributed by atoms with Gasteiger partial charge in [0.25, 0.3) is 0 Å². The van der Waals surface area contributed by atoms with E-state index in [-0.39, 0.29) is 11.0 Å². The topological polar surface area (TPSA) is 75.7 Å². The Morgan fingerprint density at radius 1 is 1.04 bits per heavy atom. The number of hydrogen-bond donors (Lipinski definition) is 1. The fourth-order valence-electron chi connectivity index (χ4n) is 3.18. The molecule has 0 bridgehead atoms. The first kappa shape index (κ1) is 20.4. The number of nitrogens with one attached hydrogen (secondary N) is 1. The van der Waals surface area contributed by atoms with Crippen molar-refractivity contribution < 1.29 is 17.9 Å². The molecule has 7 heteroatoms. The number of amides is 1. The first-order valence-electron chi connectivity index (χ1n) is 9.49. The number of benzene rings is 2. The van der Waals surface area contributed by atoms with Crippen molar-refractivity contribution in [2.24, 2.45) is 0 Å². The van der Waals surface area contributed by atoms with E-state index in [1.807, 2.05) is 24.3 Å². The molecule has 1 fully saturated rings. The highest BCUT2D eigenvalue weighted by Gasteiger charge is 2.30. The zero-order valence-corrected chi connectivity index (χ0v) is 17.0. The highest BCUT2D eigenvalue weighted by Crippen LogP contribution is 2.22. The Morgan fingerprint density at radius 3 is 2.21 bits per heavy atom. The van der Waals surface area contributed by atoms with Crippen molar-refractivity contribution in [1.29, 1.82) is 0 Å². The van der Waals surface area contributed by atoms with Gasteiger partial charge in [-0.1, -0.05) is 44.2 Å². The van der Waals surface area contributed by atoms with E-state index >= 15 is 0 Å². The average Bonchev–Trinajstić information content (AvgIpc) is 2.69. The van der Waals surface area contributed by atoms with Gasteiger partial charge in [0.15, 0.2) is 0 Å². The SMILES string of the molecule is CC(C)c1ccc(NC(=O)OC2CCN(S(=O)(=O)c3ccccc3)CC2)cc1. The normalized spacial score (nSPS) is 16.1. The molecule has 1 aliphatic heterocycles. The molecule has 150 valence electrons. The molecule has 28 heavy (non-hydrogen) atoms. The minimum Gasteiger partial charge on any atom is -0.446 e. The lowest BCUT2D eigenvalue weighted by Crippen LogP contribution is -2.41. The predicted octanol–water partition coefficient (Wildman–Crippen LogP) is 4.21. The molecular formula is C21H26N2O4S. The van der Waals surface area contributed by atoms with Crippen LogP contribution >= 0.6 is 0 Å². The lowest BCUT2D eigenvalue weighted by molar-refractivity contribution is 0.0774. The van der Waals surface area contributed by atoms with Crippen LogP contribution in [0.2, 0.25) is 0 Å². The number of carbonyl (C=O) groups is 1. The first-order chi connectivity index (χ1) is 13.4. The molecule has 1 amide bonds. The van der Waals surface area contributed by atoms with Gasteiger partial charge in [-0.15, -0.1) is 0 Å². The average molecular weight is 403 g/mol. The molecule has 1 saturated heterocycles. The Labute approximate surface area is 166 Å². The standard InChI is InChI=1S/C21H26N2O4S/c1-16(2)17-8-10-18(11-9-17)22-21(24)27-19-12-14-23(15-13-19)28(25,26)20-6-4-3-5-7-20/h3-11,16,19H,12-15H2,1-2H3,(H,22,24). The zero-order valence-electron chi connectivity index (χ0n) is 16.2. The Bertz CT molecular complexity index is 888. The quantitative estimate of drug-likeness (QED) is 0.813. The van der Waals surface area contributed by atoms with Crippen LogP contribution in [0.25, 0.3) is 0 Å².